The molecule has 0 unspecified atom stereocenters. The molecule has 0 N–H and O–H groups in total. The highest BCUT2D eigenvalue weighted by Gasteiger charge is 2.36. The summed E-state index contributed by atoms with van der Waals surface area (Å²) in [5.74, 6) is 0.196. The van der Waals surface area contributed by atoms with Gasteiger partial charge in [0.2, 0.25) is 0 Å². The van der Waals surface area contributed by atoms with Gasteiger partial charge in [-0.15, -0.1) is 0 Å². The minimum Gasteiger partial charge on any atom is -0.303 e. The van der Waals surface area contributed by atoms with Crippen LogP contribution in [0.25, 0.3) is 0 Å². The van der Waals surface area contributed by atoms with Crippen molar-refractivity contribution in [2.75, 3.05) is 13.1 Å². The Balaban J connectivity index is 1.87. The highest BCUT2D eigenvalue weighted by Crippen LogP contribution is 2.35. The van der Waals surface area contributed by atoms with Crippen LogP contribution in [0.1, 0.15) is 55.1 Å². The van der Waals surface area contributed by atoms with E-state index in [-0.39, 0.29) is 18.5 Å². The van der Waals surface area contributed by atoms with Crippen LogP contribution >= 0.6 is 0 Å². The minimum atomic E-state index is -4.62. The van der Waals surface area contributed by atoms with Gasteiger partial charge < -0.3 is 4.57 Å². The molecule has 1 saturated carbocycles. The third-order valence-electron chi connectivity index (χ3n) is 5.52. The van der Waals surface area contributed by atoms with Crippen molar-refractivity contribution in [1.29, 1.82) is 0 Å². The summed E-state index contributed by atoms with van der Waals surface area (Å²) in [6.45, 7) is 2.86. The zero-order valence-corrected chi connectivity index (χ0v) is 14.3. The van der Waals surface area contributed by atoms with Crippen LogP contribution in [-0.4, -0.2) is 34.4 Å². The van der Waals surface area contributed by atoms with E-state index in [4.69, 9.17) is 0 Å². The maximum Gasteiger partial charge on any atom is 0.431 e. The number of piperidine rings is 2. The third-order valence-corrected chi connectivity index (χ3v) is 5.52. The lowest BCUT2D eigenvalue weighted by molar-refractivity contribution is -0.144. The molecule has 25 heavy (non-hydrogen) atoms. The average Bonchev–Trinajstić information content (AvgIpc) is 2.60. The number of pyridine rings is 1. The number of nitrogens with zero attached hydrogens (tertiary/aromatic N) is 2. The van der Waals surface area contributed by atoms with Crippen molar-refractivity contribution in [2.24, 2.45) is 5.92 Å². The monoisotopic (exact) mass is 356 g/mol. The first kappa shape index (κ1) is 18.2. The first-order chi connectivity index (χ1) is 11.8. The highest BCUT2D eigenvalue weighted by atomic mass is 19.4. The van der Waals surface area contributed by atoms with Crippen molar-refractivity contribution < 1.29 is 18.0 Å². The predicted octanol–water partition coefficient (Wildman–Crippen LogP) is 3.33. The van der Waals surface area contributed by atoms with Gasteiger partial charge in [0.15, 0.2) is 5.78 Å². The Morgan fingerprint density at radius 1 is 1.16 bits per heavy atom. The Hall–Kier alpha value is -1.63. The van der Waals surface area contributed by atoms with Gasteiger partial charge in [0.1, 0.15) is 5.69 Å². The van der Waals surface area contributed by atoms with Crippen molar-refractivity contribution in [3.63, 3.8) is 0 Å². The van der Waals surface area contributed by atoms with Gasteiger partial charge in [-0.1, -0.05) is 6.92 Å². The number of ketones is 1. The molecule has 3 fully saturated rings. The summed E-state index contributed by atoms with van der Waals surface area (Å²) in [6, 6.07) is 2.28. The lowest BCUT2D eigenvalue weighted by Crippen LogP contribution is -2.49. The van der Waals surface area contributed by atoms with Crippen LogP contribution in [0.3, 0.4) is 0 Å². The predicted molar refractivity (Wildman–Crippen MR) is 87.6 cm³/mol. The van der Waals surface area contributed by atoms with Gasteiger partial charge in [-0.3, -0.25) is 14.5 Å². The molecular weight excluding hydrogens is 333 g/mol. The Kier molecular flexibility index (Phi) is 5.04. The van der Waals surface area contributed by atoms with E-state index in [1.807, 2.05) is 0 Å². The summed E-state index contributed by atoms with van der Waals surface area (Å²) in [5, 5.41) is 0. The molecule has 7 heteroatoms. The lowest BCUT2D eigenvalue weighted by atomic mass is 9.80. The SMILES string of the molecule is CCC(=O)c1ccc(C(F)(F)F)n(CCN2CC3CCC2CC3)c1=O. The number of aromatic nitrogens is 1. The summed E-state index contributed by atoms with van der Waals surface area (Å²) in [4.78, 5) is 26.6. The van der Waals surface area contributed by atoms with E-state index in [0.717, 1.165) is 36.1 Å². The van der Waals surface area contributed by atoms with E-state index in [9.17, 15) is 22.8 Å². The summed E-state index contributed by atoms with van der Waals surface area (Å²) < 4.78 is 40.6. The van der Waals surface area contributed by atoms with Gasteiger partial charge in [0.25, 0.3) is 5.56 Å². The first-order valence-electron chi connectivity index (χ1n) is 8.89. The molecule has 0 amide bonds. The van der Waals surface area contributed by atoms with Crippen molar-refractivity contribution in [2.45, 2.75) is 57.8 Å². The third kappa shape index (κ3) is 3.66. The standard InChI is InChI=1S/C18H23F3N2O2/c1-2-15(24)14-7-8-16(18(19,20)21)23(17(14)25)10-9-22-11-12-3-5-13(22)6-4-12/h7-8,12-13H,2-6,9-11H2,1H3. The number of carbonyl (C=O) groups excluding carboxylic acids is 1. The van der Waals surface area contributed by atoms with Crippen molar-refractivity contribution in [3.05, 3.63) is 33.7 Å². The van der Waals surface area contributed by atoms with Gasteiger partial charge in [-0.2, -0.15) is 13.2 Å². The summed E-state index contributed by atoms with van der Waals surface area (Å²) in [6.07, 6.45) is 0.0231. The largest absolute Gasteiger partial charge is 0.431 e. The van der Waals surface area contributed by atoms with Gasteiger partial charge in [-0.25, -0.2) is 0 Å². The van der Waals surface area contributed by atoms with Crippen molar-refractivity contribution >= 4 is 5.78 Å². The molecule has 0 atom stereocenters. The van der Waals surface area contributed by atoms with E-state index in [2.05, 4.69) is 4.90 Å². The number of carbonyl (C=O) groups is 1. The topological polar surface area (TPSA) is 42.3 Å². The Morgan fingerprint density at radius 3 is 2.36 bits per heavy atom. The number of hydrogen-bond acceptors (Lipinski definition) is 3. The molecule has 4 rings (SSSR count). The van der Waals surface area contributed by atoms with E-state index in [1.165, 1.54) is 12.8 Å². The summed E-state index contributed by atoms with van der Waals surface area (Å²) >= 11 is 0. The first-order valence-corrected chi connectivity index (χ1v) is 8.89. The van der Waals surface area contributed by atoms with Gasteiger partial charge in [0.05, 0.1) is 5.56 Å². The fourth-order valence-electron chi connectivity index (χ4n) is 4.13. The number of halogens is 3. The van der Waals surface area contributed by atoms with Gasteiger partial charge >= 0.3 is 6.18 Å². The molecule has 2 saturated heterocycles. The zero-order chi connectivity index (χ0) is 18.2. The zero-order valence-electron chi connectivity index (χ0n) is 14.3. The molecule has 3 aliphatic rings. The summed E-state index contributed by atoms with van der Waals surface area (Å²) in [7, 11) is 0. The number of Topliss-reactive ketones (excluding diaryl/α,β-unsaturated/α-hetero) is 1. The molecule has 2 bridgehead atoms. The second-order valence-electron chi connectivity index (χ2n) is 7.03. The molecule has 2 aliphatic heterocycles. The van der Waals surface area contributed by atoms with E-state index < -0.39 is 23.2 Å². The molecule has 0 radical (unpaired) electrons. The van der Waals surface area contributed by atoms with E-state index in [0.29, 0.717) is 18.5 Å². The van der Waals surface area contributed by atoms with Crippen LogP contribution in [-0.2, 0) is 12.7 Å². The number of rotatable bonds is 5. The van der Waals surface area contributed by atoms with Crippen LogP contribution < -0.4 is 5.56 Å². The van der Waals surface area contributed by atoms with Gasteiger partial charge in [-0.05, 0) is 43.7 Å². The second kappa shape index (κ2) is 6.94. The maximum atomic E-state index is 13.3. The Bertz CT molecular complexity index is 703. The van der Waals surface area contributed by atoms with Crippen LogP contribution in [0.2, 0.25) is 0 Å². The Labute approximate surface area is 144 Å². The minimum absolute atomic E-state index is 0.0399. The highest BCUT2D eigenvalue weighted by molar-refractivity contribution is 5.95. The molecule has 3 heterocycles. The van der Waals surface area contributed by atoms with Crippen LogP contribution in [0.5, 0.6) is 0 Å². The van der Waals surface area contributed by atoms with Crippen LogP contribution in [0.15, 0.2) is 16.9 Å². The fraction of sp³-hybridized carbons (Fsp3) is 0.667. The molecule has 0 aromatic carbocycles. The van der Waals surface area contributed by atoms with Crippen molar-refractivity contribution in [3.8, 4) is 0 Å². The van der Waals surface area contributed by atoms with Crippen LogP contribution in [0.4, 0.5) is 13.2 Å². The molecule has 1 aromatic rings. The number of hydrogen-bond donors (Lipinski definition) is 0. The molecule has 1 aromatic heterocycles. The smallest absolute Gasteiger partial charge is 0.303 e. The van der Waals surface area contributed by atoms with Crippen LogP contribution in [0, 0.1) is 5.92 Å². The average molecular weight is 356 g/mol. The summed E-state index contributed by atoms with van der Waals surface area (Å²) in [5.41, 5.74) is -1.97. The number of alkyl halides is 3. The molecule has 0 spiro atoms. The van der Waals surface area contributed by atoms with E-state index >= 15 is 0 Å². The molecule has 4 nitrogen and oxygen atoms in total. The molecule has 138 valence electrons. The quantitative estimate of drug-likeness (QED) is 0.760. The molecular formula is C18H23F3N2O2. The maximum absolute atomic E-state index is 13.3. The van der Waals surface area contributed by atoms with Gasteiger partial charge in [0, 0.05) is 32.1 Å². The normalized spacial score (nSPS) is 23.8. The second-order valence-corrected chi connectivity index (χ2v) is 7.03. The Morgan fingerprint density at radius 2 is 1.84 bits per heavy atom. The number of fused-ring (bicyclic) bond motifs is 3. The fourth-order valence-corrected chi connectivity index (χ4v) is 4.13. The van der Waals surface area contributed by atoms with E-state index in [1.54, 1.807) is 6.92 Å². The van der Waals surface area contributed by atoms with Crippen molar-refractivity contribution in [1.82, 2.24) is 9.47 Å². The lowest BCUT2D eigenvalue weighted by Gasteiger charge is -2.45. The molecule has 1 aliphatic carbocycles.